The molecule has 0 aliphatic heterocycles. The molecule has 3 N–H and O–H groups in total. The van der Waals surface area contributed by atoms with E-state index in [1.807, 2.05) is 0 Å². The van der Waals surface area contributed by atoms with Crippen LogP contribution in [0.2, 0.25) is 10.0 Å². The summed E-state index contributed by atoms with van der Waals surface area (Å²) in [7, 11) is 0. The molecule has 0 bridgehead atoms. The second kappa shape index (κ2) is 8.76. The molecule has 0 spiro atoms. The fourth-order valence-corrected chi connectivity index (χ4v) is 3.56. The van der Waals surface area contributed by atoms with E-state index in [-0.39, 0.29) is 22.7 Å². The van der Waals surface area contributed by atoms with Crippen LogP contribution in [-0.2, 0) is 6.18 Å². The second-order valence-corrected chi connectivity index (χ2v) is 7.78. The van der Waals surface area contributed by atoms with E-state index < -0.39 is 22.8 Å². The van der Waals surface area contributed by atoms with E-state index in [4.69, 9.17) is 23.2 Å². The van der Waals surface area contributed by atoms with Gasteiger partial charge in [0.25, 0.3) is 0 Å². The fourth-order valence-electron chi connectivity index (χ4n) is 3.17. The molecule has 0 fully saturated rings. The first kappa shape index (κ1) is 22.6. The molecule has 4 aromatic rings. The predicted octanol–water partition coefficient (Wildman–Crippen LogP) is 6.76. The standard InChI is InChI=1S/C22H13Cl2F3N4O2/c23-12-7-15-16(10-29-20(15)28-9-12)19(32)11-2-1-3-13(6-11)30-21(33)31-14-4-5-18(24)17(8-14)22(25,26)27/h1-10H,(H,28,29)(H2,30,31,33). The van der Waals surface area contributed by atoms with Crippen LogP contribution in [0.3, 0.4) is 0 Å². The van der Waals surface area contributed by atoms with Gasteiger partial charge in [0, 0.05) is 40.3 Å². The fraction of sp³-hybridized carbons (Fsp3) is 0.0455. The maximum atomic E-state index is 13.0. The van der Waals surface area contributed by atoms with Gasteiger partial charge in [0.2, 0.25) is 0 Å². The topological polar surface area (TPSA) is 86.9 Å². The Kier molecular flexibility index (Phi) is 6.01. The molecule has 2 aromatic carbocycles. The molecule has 168 valence electrons. The van der Waals surface area contributed by atoms with Gasteiger partial charge < -0.3 is 15.6 Å². The van der Waals surface area contributed by atoms with Gasteiger partial charge in [0.05, 0.1) is 15.6 Å². The Bertz CT molecular complexity index is 1390. The Labute approximate surface area is 194 Å². The lowest BCUT2D eigenvalue weighted by Gasteiger charge is -2.12. The monoisotopic (exact) mass is 492 g/mol. The number of hydrogen-bond donors (Lipinski definition) is 3. The van der Waals surface area contributed by atoms with Crippen molar-refractivity contribution in [3.8, 4) is 0 Å². The first-order valence-corrected chi connectivity index (χ1v) is 10.1. The van der Waals surface area contributed by atoms with Crippen LogP contribution < -0.4 is 10.6 Å². The lowest BCUT2D eigenvalue weighted by atomic mass is 10.0. The number of hydrogen-bond acceptors (Lipinski definition) is 3. The SMILES string of the molecule is O=C(Nc1cccc(C(=O)c2c[nH]c3ncc(Cl)cc23)c1)Nc1ccc(Cl)c(C(F)(F)F)c1. The first-order chi connectivity index (χ1) is 15.6. The molecule has 0 saturated heterocycles. The molecule has 0 unspecified atom stereocenters. The minimum atomic E-state index is -4.66. The van der Waals surface area contributed by atoms with Crippen molar-refractivity contribution in [2.75, 3.05) is 10.6 Å². The van der Waals surface area contributed by atoms with Crippen LogP contribution in [0.5, 0.6) is 0 Å². The largest absolute Gasteiger partial charge is 0.417 e. The van der Waals surface area contributed by atoms with Gasteiger partial charge in [-0.3, -0.25) is 4.79 Å². The lowest BCUT2D eigenvalue weighted by molar-refractivity contribution is -0.137. The number of ketones is 1. The highest BCUT2D eigenvalue weighted by Crippen LogP contribution is 2.36. The molecule has 11 heteroatoms. The summed E-state index contributed by atoms with van der Waals surface area (Å²) in [6.45, 7) is 0. The number of aromatic nitrogens is 2. The normalized spacial score (nSPS) is 11.4. The summed E-state index contributed by atoms with van der Waals surface area (Å²) < 4.78 is 39.0. The summed E-state index contributed by atoms with van der Waals surface area (Å²) in [6.07, 6.45) is -1.69. The number of carbonyl (C=O) groups excluding carboxylic acids is 2. The van der Waals surface area contributed by atoms with Gasteiger partial charge in [-0.25, -0.2) is 9.78 Å². The summed E-state index contributed by atoms with van der Waals surface area (Å²) in [5.41, 5.74) is 0.224. The molecule has 2 aromatic heterocycles. The Morgan fingerprint density at radius 2 is 1.70 bits per heavy atom. The zero-order valence-corrected chi connectivity index (χ0v) is 17.9. The van der Waals surface area contributed by atoms with Crippen LogP contribution in [0, 0.1) is 0 Å². The number of nitrogens with zero attached hydrogens (tertiary/aromatic N) is 1. The summed E-state index contributed by atoms with van der Waals surface area (Å²) >= 11 is 11.6. The number of urea groups is 1. The summed E-state index contributed by atoms with van der Waals surface area (Å²) in [4.78, 5) is 32.3. The minimum absolute atomic E-state index is 0.0976. The molecule has 0 aliphatic carbocycles. The molecule has 0 atom stereocenters. The van der Waals surface area contributed by atoms with Crippen molar-refractivity contribution in [1.29, 1.82) is 0 Å². The van der Waals surface area contributed by atoms with E-state index >= 15 is 0 Å². The zero-order valence-electron chi connectivity index (χ0n) is 16.4. The molecular weight excluding hydrogens is 480 g/mol. The van der Waals surface area contributed by atoms with E-state index in [1.165, 1.54) is 30.6 Å². The van der Waals surface area contributed by atoms with Crippen molar-refractivity contribution < 1.29 is 22.8 Å². The zero-order chi connectivity index (χ0) is 23.8. The number of nitrogens with one attached hydrogen (secondary N) is 3. The molecule has 2 heterocycles. The molecular formula is C22H13Cl2F3N4O2. The number of anilines is 2. The predicted molar refractivity (Wildman–Crippen MR) is 120 cm³/mol. The van der Waals surface area contributed by atoms with Crippen molar-refractivity contribution in [2.24, 2.45) is 0 Å². The van der Waals surface area contributed by atoms with Gasteiger partial charge in [-0.15, -0.1) is 0 Å². The van der Waals surface area contributed by atoms with E-state index in [2.05, 4.69) is 20.6 Å². The Morgan fingerprint density at radius 3 is 2.42 bits per heavy atom. The minimum Gasteiger partial charge on any atom is -0.345 e. The molecule has 0 saturated carbocycles. The van der Waals surface area contributed by atoms with Crippen LogP contribution in [-0.4, -0.2) is 21.8 Å². The molecule has 0 aliphatic rings. The number of alkyl halides is 3. The third kappa shape index (κ3) is 4.94. The second-order valence-electron chi connectivity index (χ2n) is 6.93. The molecule has 6 nitrogen and oxygen atoms in total. The average Bonchev–Trinajstić information content (AvgIpc) is 3.17. The van der Waals surface area contributed by atoms with Gasteiger partial charge in [0.15, 0.2) is 5.78 Å². The molecule has 0 radical (unpaired) electrons. The molecule has 4 rings (SSSR count). The van der Waals surface area contributed by atoms with Crippen LogP contribution >= 0.6 is 23.2 Å². The highest BCUT2D eigenvalue weighted by atomic mass is 35.5. The number of aromatic amines is 1. The van der Waals surface area contributed by atoms with Gasteiger partial charge in [0.1, 0.15) is 5.65 Å². The first-order valence-electron chi connectivity index (χ1n) is 9.34. The summed E-state index contributed by atoms with van der Waals surface area (Å²) in [5, 5.41) is 5.25. The van der Waals surface area contributed by atoms with Gasteiger partial charge in [-0.1, -0.05) is 35.3 Å². The van der Waals surface area contributed by atoms with Crippen LogP contribution in [0.25, 0.3) is 11.0 Å². The van der Waals surface area contributed by atoms with E-state index in [0.717, 1.165) is 12.1 Å². The van der Waals surface area contributed by atoms with Gasteiger partial charge >= 0.3 is 12.2 Å². The Hall–Kier alpha value is -3.56. The van der Waals surface area contributed by atoms with Crippen LogP contribution in [0.4, 0.5) is 29.3 Å². The quantitative estimate of drug-likeness (QED) is 0.275. The lowest BCUT2D eigenvalue weighted by Crippen LogP contribution is -2.20. The van der Waals surface area contributed by atoms with Crippen LogP contribution in [0.15, 0.2) is 60.9 Å². The molecule has 2 amide bonds. The number of H-pyrrole nitrogens is 1. The maximum Gasteiger partial charge on any atom is 0.417 e. The number of rotatable bonds is 4. The van der Waals surface area contributed by atoms with Crippen molar-refractivity contribution >= 4 is 57.4 Å². The highest BCUT2D eigenvalue weighted by Gasteiger charge is 2.33. The van der Waals surface area contributed by atoms with Crippen molar-refractivity contribution in [1.82, 2.24) is 9.97 Å². The maximum absolute atomic E-state index is 13.0. The summed E-state index contributed by atoms with van der Waals surface area (Å²) in [5.74, 6) is -0.332. The van der Waals surface area contributed by atoms with E-state index in [9.17, 15) is 22.8 Å². The van der Waals surface area contributed by atoms with E-state index in [1.54, 1.807) is 18.2 Å². The van der Waals surface area contributed by atoms with Gasteiger partial charge in [-0.2, -0.15) is 13.2 Å². The number of carbonyl (C=O) groups is 2. The summed E-state index contributed by atoms with van der Waals surface area (Å²) in [6, 6.07) is 9.95. The third-order valence-corrected chi connectivity index (χ3v) is 5.19. The smallest absolute Gasteiger partial charge is 0.345 e. The number of benzene rings is 2. The Morgan fingerprint density at radius 1 is 0.970 bits per heavy atom. The van der Waals surface area contributed by atoms with Crippen molar-refractivity contribution in [3.63, 3.8) is 0 Å². The van der Waals surface area contributed by atoms with Crippen molar-refractivity contribution in [2.45, 2.75) is 6.18 Å². The number of pyridine rings is 1. The number of fused-ring (bicyclic) bond motifs is 1. The molecule has 33 heavy (non-hydrogen) atoms. The Balaban J connectivity index is 1.52. The number of halogens is 5. The van der Waals surface area contributed by atoms with Crippen molar-refractivity contribution in [3.05, 3.63) is 87.7 Å². The van der Waals surface area contributed by atoms with Crippen LogP contribution in [0.1, 0.15) is 21.5 Å². The average molecular weight is 493 g/mol. The highest BCUT2D eigenvalue weighted by molar-refractivity contribution is 6.32. The number of amides is 2. The van der Waals surface area contributed by atoms with Gasteiger partial charge in [-0.05, 0) is 36.4 Å². The third-order valence-electron chi connectivity index (χ3n) is 4.65. The van der Waals surface area contributed by atoms with E-state index in [0.29, 0.717) is 21.6 Å².